The van der Waals surface area contributed by atoms with Crippen LogP contribution in [0.1, 0.15) is 104 Å². The topological polar surface area (TPSA) is 77.4 Å². The molecule has 0 fully saturated rings. The summed E-state index contributed by atoms with van der Waals surface area (Å²) in [4.78, 5) is 0. The zero-order valence-electron chi connectivity index (χ0n) is 16.1. The maximum Gasteiger partial charge on any atom is 1.00 e. The van der Waals surface area contributed by atoms with E-state index in [4.69, 9.17) is 0 Å². The van der Waals surface area contributed by atoms with Crippen LogP contribution in [0.3, 0.4) is 0 Å². The van der Waals surface area contributed by atoms with Crippen molar-refractivity contribution in [2.24, 2.45) is 0 Å². The van der Waals surface area contributed by atoms with Crippen LogP contribution < -0.4 is 51.4 Å². The maximum atomic E-state index is 11.2. The third-order valence-electron chi connectivity index (χ3n) is 4.49. The molecule has 140 valence electrons. The molecule has 2 unspecified atom stereocenters. The summed E-state index contributed by atoms with van der Waals surface area (Å²) >= 11 is 0. The van der Waals surface area contributed by atoms with Crippen LogP contribution in [-0.4, -0.2) is 29.4 Å². The summed E-state index contributed by atoms with van der Waals surface area (Å²) in [6.45, 7) is 4.17. The van der Waals surface area contributed by atoms with E-state index in [1.54, 1.807) is 0 Å². The zero-order chi connectivity index (χ0) is 17.6. The van der Waals surface area contributed by atoms with Gasteiger partial charge in [0.1, 0.15) is 0 Å². The summed E-state index contributed by atoms with van der Waals surface area (Å²) < 4.78 is 33.6. The van der Waals surface area contributed by atoms with Crippen LogP contribution in [0.5, 0.6) is 0 Å². The smallest absolute Gasteiger partial charge is 0.748 e. The van der Waals surface area contributed by atoms with Crippen LogP contribution in [0.4, 0.5) is 0 Å². The van der Waals surface area contributed by atoms with Gasteiger partial charge in [0, 0.05) is 5.25 Å². The van der Waals surface area contributed by atoms with E-state index in [0.29, 0.717) is 12.8 Å². The van der Waals surface area contributed by atoms with E-state index in [1.165, 1.54) is 12.8 Å². The Morgan fingerprint density at radius 1 is 0.750 bits per heavy atom. The minimum atomic E-state index is -4.14. The van der Waals surface area contributed by atoms with Crippen molar-refractivity contribution < 1.29 is 69.5 Å². The first-order valence-corrected chi connectivity index (χ1v) is 11.0. The Morgan fingerprint density at radius 3 is 1.67 bits per heavy atom. The van der Waals surface area contributed by atoms with Crippen LogP contribution in [0.25, 0.3) is 0 Å². The molecule has 0 aromatic rings. The molecule has 0 spiro atoms. The molecule has 0 aliphatic carbocycles. The Hall–Kier alpha value is 1.51. The van der Waals surface area contributed by atoms with Crippen LogP contribution in [0.15, 0.2) is 0 Å². The maximum absolute atomic E-state index is 11.2. The first kappa shape index (κ1) is 27.7. The van der Waals surface area contributed by atoms with Gasteiger partial charge < -0.3 is 9.66 Å². The first-order valence-electron chi connectivity index (χ1n) is 9.54. The molecule has 0 rings (SSSR count). The Morgan fingerprint density at radius 2 is 1.17 bits per heavy atom. The van der Waals surface area contributed by atoms with Gasteiger partial charge in [0.05, 0.1) is 16.2 Å². The van der Waals surface area contributed by atoms with Gasteiger partial charge >= 0.3 is 51.4 Å². The fraction of sp³-hybridized carbons (Fsp3) is 1.00. The summed E-state index contributed by atoms with van der Waals surface area (Å²) in [5.41, 5.74) is 0. The number of hydrogen-bond donors (Lipinski definition) is 1. The van der Waals surface area contributed by atoms with Crippen molar-refractivity contribution in [3.8, 4) is 0 Å². The van der Waals surface area contributed by atoms with E-state index in [2.05, 4.69) is 6.92 Å². The molecule has 0 radical (unpaired) electrons. The molecule has 0 aromatic heterocycles. The first-order chi connectivity index (χ1) is 10.9. The summed E-state index contributed by atoms with van der Waals surface area (Å²) in [5.74, 6) is 0. The second-order valence-corrected chi connectivity index (χ2v) is 8.40. The van der Waals surface area contributed by atoms with Gasteiger partial charge in [-0.05, 0) is 25.7 Å². The monoisotopic (exact) mass is 388 g/mol. The molecule has 2 atom stereocenters. The Balaban J connectivity index is 0. The molecule has 24 heavy (non-hydrogen) atoms. The summed E-state index contributed by atoms with van der Waals surface area (Å²) in [7, 11) is -4.14. The van der Waals surface area contributed by atoms with Gasteiger partial charge in [-0.3, -0.25) is 0 Å². The normalized spacial score (nSPS) is 14.2. The van der Waals surface area contributed by atoms with Gasteiger partial charge in [-0.25, -0.2) is 8.42 Å². The van der Waals surface area contributed by atoms with Gasteiger partial charge in [0.2, 0.25) is 0 Å². The van der Waals surface area contributed by atoms with E-state index in [1.807, 2.05) is 6.92 Å². The number of aliphatic hydroxyl groups is 1. The van der Waals surface area contributed by atoms with Crippen LogP contribution in [0, 0.1) is 0 Å². The predicted octanol–water partition coefficient (Wildman–Crippen LogP) is 1.77. The molecular formula is C18H37KO4S. The third kappa shape index (κ3) is 16.9. The fourth-order valence-corrected chi connectivity index (χ4v) is 3.83. The van der Waals surface area contributed by atoms with Gasteiger partial charge in [-0.2, -0.15) is 0 Å². The van der Waals surface area contributed by atoms with Gasteiger partial charge in [-0.15, -0.1) is 0 Å². The molecule has 0 bridgehead atoms. The molecule has 4 nitrogen and oxygen atoms in total. The van der Waals surface area contributed by atoms with E-state index in [0.717, 1.165) is 64.2 Å². The van der Waals surface area contributed by atoms with Crippen molar-refractivity contribution in [2.45, 2.75) is 115 Å². The fourth-order valence-electron chi connectivity index (χ4n) is 2.92. The quantitative estimate of drug-likeness (QED) is 0.248. The average molecular weight is 389 g/mol. The summed E-state index contributed by atoms with van der Waals surface area (Å²) in [6.07, 6.45) is 12.8. The largest absolute Gasteiger partial charge is 1.00 e. The van der Waals surface area contributed by atoms with Crippen LogP contribution in [0.2, 0.25) is 0 Å². The second kappa shape index (κ2) is 17.9. The number of rotatable bonds is 16. The standard InChI is InChI=1S/C18H38O4S.K/c1-3-5-10-13-17(19)14-11-8-7-9-12-16-18(15-6-4-2)23(20,21)22;/h17-19H,3-16H2,1-2H3,(H,20,21,22);/q;+1/p-1. The minimum absolute atomic E-state index is 0. The van der Waals surface area contributed by atoms with E-state index in [9.17, 15) is 18.1 Å². The number of hydrogen-bond acceptors (Lipinski definition) is 4. The van der Waals surface area contributed by atoms with Crippen molar-refractivity contribution in [3.05, 3.63) is 0 Å². The minimum Gasteiger partial charge on any atom is -0.748 e. The van der Waals surface area contributed by atoms with E-state index >= 15 is 0 Å². The molecule has 0 heterocycles. The van der Waals surface area contributed by atoms with Crippen molar-refractivity contribution in [2.75, 3.05) is 0 Å². The molecule has 0 saturated carbocycles. The number of unbranched alkanes of at least 4 members (excludes halogenated alkanes) is 7. The average Bonchev–Trinajstić information content (AvgIpc) is 2.48. The third-order valence-corrected chi connectivity index (χ3v) is 5.78. The van der Waals surface area contributed by atoms with Gasteiger partial charge in [-0.1, -0.05) is 78.1 Å². The molecule has 0 amide bonds. The van der Waals surface area contributed by atoms with Crippen molar-refractivity contribution in [1.82, 2.24) is 0 Å². The van der Waals surface area contributed by atoms with Gasteiger partial charge in [0.15, 0.2) is 0 Å². The molecule has 6 heteroatoms. The van der Waals surface area contributed by atoms with E-state index < -0.39 is 15.4 Å². The van der Waals surface area contributed by atoms with Gasteiger partial charge in [0.25, 0.3) is 0 Å². The molecule has 0 saturated heterocycles. The van der Waals surface area contributed by atoms with E-state index in [-0.39, 0.29) is 57.5 Å². The SMILES string of the molecule is CCCCCC(O)CCCCCCCC(CCCC)S(=O)(=O)[O-].[K+]. The van der Waals surface area contributed by atoms with Crippen molar-refractivity contribution in [3.63, 3.8) is 0 Å². The molecule has 0 aliphatic rings. The molecular weight excluding hydrogens is 351 g/mol. The Kier molecular flexibility index (Phi) is 20.7. The van der Waals surface area contributed by atoms with Crippen molar-refractivity contribution >= 4 is 10.1 Å². The second-order valence-electron chi connectivity index (χ2n) is 6.75. The summed E-state index contributed by atoms with van der Waals surface area (Å²) in [5, 5.41) is 9.13. The molecule has 0 aliphatic heterocycles. The molecule has 0 aromatic carbocycles. The molecule has 1 N–H and O–H groups in total. The Bertz CT molecular complexity index is 360. The Labute approximate surface area is 192 Å². The van der Waals surface area contributed by atoms with Crippen molar-refractivity contribution in [1.29, 1.82) is 0 Å². The zero-order valence-corrected chi connectivity index (χ0v) is 20.1. The van der Waals surface area contributed by atoms with Crippen LogP contribution >= 0.6 is 0 Å². The summed E-state index contributed by atoms with van der Waals surface area (Å²) in [6, 6.07) is 0. The van der Waals surface area contributed by atoms with Crippen LogP contribution in [-0.2, 0) is 10.1 Å². The predicted molar refractivity (Wildman–Crippen MR) is 95.5 cm³/mol. The number of aliphatic hydroxyl groups excluding tert-OH is 1.